The minimum absolute atomic E-state index is 0.182. The highest BCUT2D eigenvalue weighted by atomic mass is 16.6. The number of carbonyl (C=O) groups excluding carboxylic acids is 1. The summed E-state index contributed by atoms with van der Waals surface area (Å²) in [5, 5.41) is 0. The number of carbonyl (C=O) groups is 1. The van der Waals surface area contributed by atoms with Gasteiger partial charge in [-0.15, -0.1) is 0 Å². The monoisotopic (exact) mass is 256 g/mol. The van der Waals surface area contributed by atoms with Crippen LogP contribution in [0.2, 0.25) is 0 Å². The van der Waals surface area contributed by atoms with E-state index in [4.69, 9.17) is 4.74 Å². The first-order chi connectivity index (χ1) is 8.07. The van der Waals surface area contributed by atoms with Crippen LogP contribution in [-0.2, 0) is 4.74 Å². The Labute approximate surface area is 111 Å². The summed E-state index contributed by atoms with van der Waals surface area (Å²) in [5.74, 6) is 0. The maximum Gasteiger partial charge on any atom is 0.410 e. The second-order valence-electron chi connectivity index (χ2n) is 7.30. The van der Waals surface area contributed by atoms with Crippen molar-refractivity contribution in [3.05, 3.63) is 0 Å². The van der Waals surface area contributed by atoms with E-state index in [1.807, 2.05) is 25.7 Å². The maximum atomic E-state index is 11.9. The fraction of sp³-hybridized carbons (Fsp3) is 0.929. The van der Waals surface area contributed by atoms with Crippen molar-refractivity contribution in [3.8, 4) is 0 Å². The molecule has 106 valence electrons. The second kappa shape index (κ2) is 5.47. The van der Waals surface area contributed by atoms with Crippen LogP contribution in [0.4, 0.5) is 4.79 Å². The van der Waals surface area contributed by atoms with Crippen LogP contribution in [0.3, 0.4) is 0 Å². The Hall–Kier alpha value is -0.770. The molecular formula is C14H28N2O2. The van der Waals surface area contributed by atoms with Crippen molar-refractivity contribution in [1.29, 1.82) is 0 Å². The summed E-state index contributed by atoms with van der Waals surface area (Å²) in [6, 6.07) is 0. The van der Waals surface area contributed by atoms with Crippen molar-refractivity contribution in [2.24, 2.45) is 5.41 Å². The van der Waals surface area contributed by atoms with E-state index in [0.717, 1.165) is 32.7 Å². The largest absolute Gasteiger partial charge is 0.444 e. The summed E-state index contributed by atoms with van der Waals surface area (Å²) in [7, 11) is 0. The molecule has 1 heterocycles. The molecule has 1 rings (SSSR count). The topological polar surface area (TPSA) is 32.8 Å². The van der Waals surface area contributed by atoms with Crippen molar-refractivity contribution >= 4 is 6.09 Å². The van der Waals surface area contributed by atoms with E-state index in [0.29, 0.717) is 5.41 Å². The van der Waals surface area contributed by atoms with E-state index in [-0.39, 0.29) is 6.09 Å². The highest BCUT2D eigenvalue weighted by Gasteiger charge is 2.27. The zero-order chi connectivity index (χ0) is 14.0. The molecule has 1 aliphatic heterocycles. The standard InChI is InChI=1S/C14H28N2O2/c1-13(2,3)11-15-7-9-16(10-8-15)12(17)18-14(4,5)6/h7-11H2,1-6H3. The van der Waals surface area contributed by atoms with Crippen LogP contribution in [0.15, 0.2) is 0 Å². The van der Waals surface area contributed by atoms with Gasteiger partial charge in [0, 0.05) is 32.7 Å². The van der Waals surface area contributed by atoms with Crippen LogP contribution in [0.1, 0.15) is 41.5 Å². The predicted octanol–water partition coefficient (Wildman–Crippen LogP) is 2.59. The van der Waals surface area contributed by atoms with Gasteiger partial charge in [-0.1, -0.05) is 20.8 Å². The minimum Gasteiger partial charge on any atom is -0.444 e. The summed E-state index contributed by atoms with van der Waals surface area (Å²) in [4.78, 5) is 16.1. The fourth-order valence-electron chi connectivity index (χ4n) is 2.09. The molecule has 0 aromatic rings. The maximum absolute atomic E-state index is 11.9. The van der Waals surface area contributed by atoms with Crippen LogP contribution in [0, 0.1) is 5.41 Å². The van der Waals surface area contributed by atoms with Gasteiger partial charge in [0.15, 0.2) is 0 Å². The molecule has 4 heteroatoms. The summed E-state index contributed by atoms with van der Waals surface area (Å²) in [6.45, 7) is 16.9. The van der Waals surface area contributed by atoms with E-state index in [2.05, 4.69) is 25.7 Å². The zero-order valence-corrected chi connectivity index (χ0v) is 12.7. The fourth-order valence-corrected chi connectivity index (χ4v) is 2.09. The zero-order valence-electron chi connectivity index (χ0n) is 12.7. The molecule has 0 atom stereocenters. The molecule has 1 amide bonds. The normalized spacial score (nSPS) is 18.9. The van der Waals surface area contributed by atoms with Gasteiger partial charge in [-0.25, -0.2) is 4.79 Å². The summed E-state index contributed by atoms with van der Waals surface area (Å²) in [5.41, 5.74) is -0.0896. The van der Waals surface area contributed by atoms with E-state index in [1.165, 1.54) is 0 Å². The number of ether oxygens (including phenoxy) is 1. The molecule has 1 aliphatic rings. The first kappa shape index (κ1) is 15.3. The van der Waals surface area contributed by atoms with Gasteiger partial charge < -0.3 is 9.64 Å². The summed E-state index contributed by atoms with van der Waals surface area (Å²) >= 11 is 0. The molecule has 18 heavy (non-hydrogen) atoms. The van der Waals surface area contributed by atoms with Gasteiger partial charge in [0.05, 0.1) is 0 Å². The van der Waals surface area contributed by atoms with Gasteiger partial charge in [0.2, 0.25) is 0 Å². The number of rotatable bonds is 1. The number of piperazine rings is 1. The van der Waals surface area contributed by atoms with Crippen molar-refractivity contribution in [2.45, 2.75) is 47.1 Å². The summed E-state index contributed by atoms with van der Waals surface area (Å²) in [6.07, 6.45) is -0.182. The third kappa shape index (κ3) is 5.71. The Morgan fingerprint density at radius 3 is 1.89 bits per heavy atom. The Morgan fingerprint density at radius 1 is 1.00 bits per heavy atom. The number of nitrogens with zero attached hydrogens (tertiary/aromatic N) is 2. The molecule has 1 fully saturated rings. The number of hydrogen-bond acceptors (Lipinski definition) is 3. The Morgan fingerprint density at radius 2 is 1.50 bits per heavy atom. The van der Waals surface area contributed by atoms with Gasteiger partial charge in [0.25, 0.3) is 0 Å². The van der Waals surface area contributed by atoms with Crippen molar-refractivity contribution in [1.82, 2.24) is 9.80 Å². The molecule has 4 nitrogen and oxygen atoms in total. The molecule has 0 aromatic heterocycles. The van der Waals surface area contributed by atoms with Crippen molar-refractivity contribution < 1.29 is 9.53 Å². The molecule has 0 bridgehead atoms. The van der Waals surface area contributed by atoms with Gasteiger partial charge >= 0.3 is 6.09 Å². The van der Waals surface area contributed by atoms with Gasteiger partial charge in [-0.3, -0.25) is 4.90 Å². The molecule has 0 N–H and O–H groups in total. The van der Waals surface area contributed by atoms with Crippen LogP contribution in [0.25, 0.3) is 0 Å². The number of hydrogen-bond donors (Lipinski definition) is 0. The molecule has 0 saturated carbocycles. The Bertz CT molecular complexity index is 281. The van der Waals surface area contributed by atoms with E-state index < -0.39 is 5.60 Å². The highest BCUT2D eigenvalue weighted by Crippen LogP contribution is 2.17. The van der Waals surface area contributed by atoms with Crippen LogP contribution < -0.4 is 0 Å². The lowest BCUT2D eigenvalue weighted by atomic mass is 9.96. The molecule has 0 aromatic carbocycles. The molecule has 0 radical (unpaired) electrons. The van der Waals surface area contributed by atoms with Crippen molar-refractivity contribution in [2.75, 3.05) is 32.7 Å². The third-order valence-electron chi connectivity index (χ3n) is 2.72. The minimum atomic E-state index is -0.403. The lowest BCUT2D eigenvalue weighted by molar-refractivity contribution is 0.0121. The van der Waals surface area contributed by atoms with E-state index in [1.54, 1.807) is 0 Å². The first-order valence-corrected chi connectivity index (χ1v) is 6.77. The van der Waals surface area contributed by atoms with Gasteiger partial charge in [-0.05, 0) is 26.2 Å². The molecular weight excluding hydrogens is 228 g/mol. The predicted molar refractivity (Wildman–Crippen MR) is 73.7 cm³/mol. The smallest absolute Gasteiger partial charge is 0.410 e. The Kier molecular flexibility index (Phi) is 4.65. The lowest BCUT2D eigenvalue weighted by Gasteiger charge is -2.38. The van der Waals surface area contributed by atoms with Crippen LogP contribution in [-0.4, -0.2) is 54.2 Å². The second-order valence-corrected chi connectivity index (χ2v) is 7.30. The Balaban J connectivity index is 2.37. The molecule has 1 saturated heterocycles. The molecule has 0 aliphatic carbocycles. The van der Waals surface area contributed by atoms with E-state index >= 15 is 0 Å². The SMILES string of the molecule is CC(C)(C)CN1CCN(C(=O)OC(C)(C)C)CC1. The van der Waals surface area contributed by atoms with E-state index in [9.17, 15) is 4.79 Å². The number of amides is 1. The van der Waals surface area contributed by atoms with Gasteiger partial charge in [-0.2, -0.15) is 0 Å². The molecule has 0 unspecified atom stereocenters. The summed E-state index contributed by atoms with van der Waals surface area (Å²) < 4.78 is 5.38. The quantitative estimate of drug-likeness (QED) is 0.723. The lowest BCUT2D eigenvalue weighted by Crippen LogP contribution is -2.51. The third-order valence-corrected chi connectivity index (χ3v) is 2.72. The highest BCUT2D eigenvalue weighted by molar-refractivity contribution is 5.68. The van der Waals surface area contributed by atoms with Crippen LogP contribution >= 0.6 is 0 Å². The average molecular weight is 256 g/mol. The van der Waals surface area contributed by atoms with Crippen molar-refractivity contribution in [3.63, 3.8) is 0 Å². The average Bonchev–Trinajstić information content (AvgIpc) is 2.13. The first-order valence-electron chi connectivity index (χ1n) is 6.77. The van der Waals surface area contributed by atoms with Crippen LogP contribution in [0.5, 0.6) is 0 Å². The molecule has 0 spiro atoms. The van der Waals surface area contributed by atoms with Gasteiger partial charge in [0.1, 0.15) is 5.60 Å².